The molecule has 1 N–H and O–H groups in total. The van der Waals surface area contributed by atoms with Gasteiger partial charge < -0.3 is 9.64 Å². The summed E-state index contributed by atoms with van der Waals surface area (Å²) >= 11 is 0. The molecule has 0 aromatic heterocycles. The molecule has 0 aliphatic carbocycles. The topological polar surface area (TPSA) is 92.8 Å². The monoisotopic (exact) mass is 450 g/mol. The fourth-order valence-corrected chi connectivity index (χ4v) is 4.82. The Morgan fingerprint density at radius 3 is 2.27 bits per heavy atom. The van der Waals surface area contributed by atoms with E-state index < -0.39 is 40.1 Å². The maximum Gasteiger partial charge on any atom is 0.491 e. The lowest BCUT2D eigenvalue weighted by atomic mass is 9.88. The molecule has 2 rings (SSSR count). The fourth-order valence-electron chi connectivity index (χ4n) is 3.43. The lowest BCUT2D eigenvalue weighted by Gasteiger charge is -2.47. The predicted molar refractivity (Wildman–Crippen MR) is 102 cm³/mol. The Morgan fingerprint density at radius 2 is 1.77 bits per heavy atom. The molecule has 1 aliphatic heterocycles. The molecular formula is C19H25F3N2O5S. The molecular weight excluding hydrogens is 425 g/mol. The van der Waals surface area contributed by atoms with Gasteiger partial charge in [0, 0.05) is 13.1 Å². The molecule has 0 radical (unpaired) electrons. The number of carbonyl (C=O) groups excluding carboxylic acids is 2. The van der Waals surface area contributed by atoms with E-state index >= 15 is 0 Å². The van der Waals surface area contributed by atoms with E-state index in [0.717, 1.165) is 31.2 Å². The van der Waals surface area contributed by atoms with E-state index in [-0.39, 0.29) is 18.0 Å². The molecule has 1 fully saturated rings. The van der Waals surface area contributed by atoms with Crippen molar-refractivity contribution in [3.63, 3.8) is 0 Å². The van der Waals surface area contributed by atoms with E-state index in [2.05, 4.69) is 16.4 Å². The first-order chi connectivity index (χ1) is 13.9. The lowest BCUT2D eigenvalue weighted by Crippen LogP contribution is -2.69. The summed E-state index contributed by atoms with van der Waals surface area (Å²) in [6, 6.07) is 6.32. The normalized spacial score (nSPS) is 16.7. The maximum atomic E-state index is 12.8. The van der Waals surface area contributed by atoms with Gasteiger partial charge in [-0.1, -0.05) is 31.9 Å². The zero-order chi connectivity index (χ0) is 22.6. The van der Waals surface area contributed by atoms with Crippen LogP contribution in [0.25, 0.3) is 0 Å². The average molecular weight is 450 g/mol. The van der Waals surface area contributed by atoms with Crippen LogP contribution < -0.4 is 4.72 Å². The molecule has 1 aliphatic rings. The smallest absolute Gasteiger partial charge is 0.386 e. The van der Waals surface area contributed by atoms with Crippen LogP contribution in [0.2, 0.25) is 0 Å². The third kappa shape index (κ3) is 6.51. The molecule has 0 bridgehead atoms. The summed E-state index contributed by atoms with van der Waals surface area (Å²) in [5, 5.41) is 0. The molecule has 1 aromatic rings. The van der Waals surface area contributed by atoms with Crippen molar-refractivity contribution in [2.24, 2.45) is 0 Å². The van der Waals surface area contributed by atoms with Crippen molar-refractivity contribution >= 4 is 22.0 Å². The molecule has 1 heterocycles. The average Bonchev–Trinajstić information content (AvgIpc) is 2.60. The Bertz CT molecular complexity index is 863. The summed E-state index contributed by atoms with van der Waals surface area (Å²) in [4.78, 5) is 24.3. The van der Waals surface area contributed by atoms with Gasteiger partial charge in [0.05, 0.1) is 16.9 Å². The number of nitrogens with zero attached hydrogens (tertiary/aromatic N) is 1. The van der Waals surface area contributed by atoms with Gasteiger partial charge in [-0.05, 0) is 37.6 Å². The van der Waals surface area contributed by atoms with Gasteiger partial charge >= 0.3 is 18.1 Å². The summed E-state index contributed by atoms with van der Waals surface area (Å²) in [6.45, 7) is 2.25. The number of benzene rings is 1. The molecule has 0 atom stereocenters. The van der Waals surface area contributed by atoms with Crippen LogP contribution in [-0.4, -0.2) is 57.1 Å². The third-order valence-electron chi connectivity index (χ3n) is 4.72. The first-order valence-electron chi connectivity index (χ1n) is 9.50. The number of esters is 2. The van der Waals surface area contributed by atoms with E-state index in [4.69, 9.17) is 0 Å². The van der Waals surface area contributed by atoms with Gasteiger partial charge in [0.2, 0.25) is 10.0 Å². The number of likely N-dealkylation sites (tertiary alicyclic amines) is 1. The zero-order valence-corrected chi connectivity index (χ0v) is 17.6. The van der Waals surface area contributed by atoms with Crippen LogP contribution in [0.1, 0.15) is 38.2 Å². The van der Waals surface area contributed by atoms with Crippen LogP contribution >= 0.6 is 0 Å². The van der Waals surface area contributed by atoms with E-state index in [9.17, 15) is 31.2 Å². The predicted octanol–water partition coefficient (Wildman–Crippen LogP) is 2.40. The summed E-state index contributed by atoms with van der Waals surface area (Å²) in [6.07, 6.45) is -2.04. The number of hydrogen-bond acceptors (Lipinski definition) is 6. The highest BCUT2D eigenvalue weighted by molar-refractivity contribution is 7.89. The fraction of sp³-hybridized carbons (Fsp3) is 0.579. The number of sulfonamides is 1. The van der Waals surface area contributed by atoms with Crippen molar-refractivity contribution in [1.29, 1.82) is 0 Å². The minimum atomic E-state index is -5.31. The quantitative estimate of drug-likeness (QED) is 0.353. The number of alkyl halides is 3. The summed E-state index contributed by atoms with van der Waals surface area (Å²) in [7, 11) is -2.38. The van der Waals surface area contributed by atoms with E-state index in [1.54, 1.807) is 24.1 Å². The molecule has 0 amide bonds. The van der Waals surface area contributed by atoms with Crippen molar-refractivity contribution < 1.29 is 35.9 Å². The molecule has 11 heteroatoms. The van der Waals surface area contributed by atoms with Crippen molar-refractivity contribution in [3.05, 3.63) is 29.8 Å². The largest absolute Gasteiger partial charge is 0.491 e. The summed E-state index contributed by atoms with van der Waals surface area (Å²) in [5.41, 5.74) is -0.356. The molecule has 1 aromatic carbocycles. The molecule has 0 saturated carbocycles. The molecule has 0 spiro atoms. The molecule has 30 heavy (non-hydrogen) atoms. The minimum absolute atomic E-state index is 0.0181. The zero-order valence-electron chi connectivity index (χ0n) is 16.8. The highest BCUT2D eigenvalue weighted by Crippen LogP contribution is 2.27. The van der Waals surface area contributed by atoms with Gasteiger partial charge in [0.25, 0.3) is 0 Å². The Labute approximate surface area is 173 Å². The number of hydrogen-bond donors (Lipinski definition) is 1. The van der Waals surface area contributed by atoms with Crippen LogP contribution in [-0.2, 0) is 30.8 Å². The molecule has 0 unspecified atom stereocenters. The minimum Gasteiger partial charge on any atom is -0.386 e. The van der Waals surface area contributed by atoms with Crippen molar-refractivity contribution in [3.8, 4) is 0 Å². The van der Waals surface area contributed by atoms with Gasteiger partial charge in [-0.2, -0.15) is 13.2 Å². The summed E-state index contributed by atoms with van der Waals surface area (Å²) < 4.78 is 68.5. The number of ether oxygens (including phenoxy) is 1. The number of carbonyl (C=O) groups is 2. The number of rotatable bonds is 9. The lowest BCUT2D eigenvalue weighted by molar-refractivity contribution is -0.202. The molecule has 7 nitrogen and oxygen atoms in total. The first kappa shape index (κ1) is 24.3. The second-order valence-electron chi connectivity index (χ2n) is 7.60. The Morgan fingerprint density at radius 1 is 1.17 bits per heavy atom. The third-order valence-corrected chi connectivity index (χ3v) is 6.31. The van der Waals surface area contributed by atoms with Crippen molar-refractivity contribution in [1.82, 2.24) is 9.62 Å². The standard InChI is InChI=1S/C19H25F3N2O5S/c1-3-4-5-6-14-7-9-15(10-8-14)30(27,28)23-18(12-24(2)13-18)11-16(25)29-17(26)19(20,21)22/h7-10,23H,3-6,11-13H2,1-2H3. The number of halogens is 3. The number of aryl methyl sites for hydroxylation is 1. The number of likely N-dealkylation sites (N-methyl/N-ethyl adjacent to an activating group) is 1. The van der Waals surface area contributed by atoms with Crippen LogP contribution in [0.5, 0.6) is 0 Å². The van der Waals surface area contributed by atoms with Gasteiger partial charge in [0.15, 0.2) is 0 Å². The van der Waals surface area contributed by atoms with E-state index in [1.165, 1.54) is 12.1 Å². The van der Waals surface area contributed by atoms with E-state index in [0.29, 0.717) is 0 Å². The second kappa shape index (κ2) is 9.44. The van der Waals surface area contributed by atoms with Crippen LogP contribution in [0, 0.1) is 0 Å². The number of nitrogens with one attached hydrogen (secondary N) is 1. The SMILES string of the molecule is CCCCCc1ccc(S(=O)(=O)NC2(CC(=O)OC(=O)C(F)(F)F)CN(C)C2)cc1. The highest BCUT2D eigenvalue weighted by atomic mass is 32.2. The highest BCUT2D eigenvalue weighted by Gasteiger charge is 2.48. The maximum absolute atomic E-state index is 12.8. The molecule has 1 saturated heterocycles. The Balaban J connectivity index is 2.07. The van der Waals surface area contributed by atoms with Gasteiger partial charge in [-0.3, -0.25) is 4.79 Å². The molecule has 168 valence electrons. The van der Waals surface area contributed by atoms with Crippen LogP contribution in [0.4, 0.5) is 13.2 Å². The van der Waals surface area contributed by atoms with E-state index in [1.807, 2.05) is 0 Å². The number of unbranched alkanes of at least 4 members (excludes halogenated alkanes) is 2. The first-order valence-corrected chi connectivity index (χ1v) is 11.0. The van der Waals surface area contributed by atoms with Crippen LogP contribution in [0.15, 0.2) is 29.2 Å². The van der Waals surface area contributed by atoms with Gasteiger partial charge in [-0.15, -0.1) is 0 Å². The Kier molecular flexibility index (Phi) is 7.64. The second-order valence-corrected chi connectivity index (χ2v) is 9.28. The van der Waals surface area contributed by atoms with Crippen molar-refractivity contribution in [2.45, 2.75) is 55.6 Å². The summed E-state index contributed by atoms with van der Waals surface area (Å²) in [5.74, 6) is -4.07. The van der Waals surface area contributed by atoms with Crippen LogP contribution in [0.3, 0.4) is 0 Å². The van der Waals surface area contributed by atoms with Crippen molar-refractivity contribution in [2.75, 3.05) is 20.1 Å². The Hall–Kier alpha value is -1.98. The van der Waals surface area contributed by atoms with Gasteiger partial charge in [0.1, 0.15) is 0 Å². The van der Waals surface area contributed by atoms with Gasteiger partial charge in [-0.25, -0.2) is 17.9 Å².